The smallest absolute Gasteiger partial charge is 0.260 e. The maximum Gasteiger partial charge on any atom is 0.260 e. The molecule has 1 amide bonds. The van der Waals surface area contributed by atoms with Crippen molar-refractivity contribution in [3.05, 3.63) is 54.1 Å². The van der Waals surface area contributed by atoms with E-state index in [0.717, 1.165) is 0 Å². The fraction of sp³-hybridized carbons (Fsp3) is 0.0769. The van der Waals surface area contributed by atoms with Crippen LogP contribution in [0.25, 0.3) is 0 Å². The number of hydrazine groups is 1. The van der Waals surface area contributed by atoms with Crippen LogP contribution in [0.15, 0.2) is 42.7 Å². The number of nitrogens with zero attached hydrogens (tertiary/aromatic N) is 2. The number of carbonyl (C=O) groups is 1. The molecule has 5 nitrogen and oxygen atoms in total. The second-order valence-corrected chi connectivity index (χ2v) is 3.88. The van der Waals surface area contributed by atoms with Crippen LogP contribution in [0.5, 0.6) is 0 Å². The second-order valence-electron chi connectivity index (χ2n) is 3.88. The molecule has 0 saturated heterocycles. The first-order valence-corrected chi connectivity index (χ1v) is 5.58. The average molecular weight is 260 g/mol. The molecule has 0 aliphatic carbocycles. The summed E-state index contributed by atoms with van der Waals surface area (Å²) < 4.78 is 13.6. The number of nitrogens with two attached hydrogens (primary N) is 1. The fourth-order valence-electron chi connectivity index (χ4n) is 1.71. The van der Waals surface area contributed by atoms with E-state index >= 15 is 0 Å². The minimum absolute atomic E-state index is 0.0200. The number of nitrogens with one attached hydrogen (secondary N) is 1. The van der Waals surface area contributed by atoms with Crippen molar-refractivity contribution in [1.82, 2.24) is 4.98 Å². The molecule has 1 aromatic carbocycles. The topological polar surface area (TPSA) is 71.2 Å². The van der Waals surface area contributed by atoms with Gasteiger partial charge in [-0.1, -0.05) is 6.07 Å². The summed E-state index contributed by atoms with van der Waals surface area (Å²) >= 11 is 0. The highest BCUT2D eigenvalue weighted by Crippen LogP contribution is 2.22. The van der Waals surface area contributed by atoms with Gasteiger partial charge in [0, 0.05) is 25.1 Å². The normalized spacial score (nSPS) is 10.1. The van der Waals surface area contributed by atoms with Gasteiger partial charge in [0.2, 0.25) is 0 Å². The van der Waals surface area contributed by atoms with Crippen LogP contribution < -0.4 is 16.2 Å². The largest absolute Gasteiger partial charge is 0.321 e. The summed E-state index contributed by atoms with van der Waals surface area (Å²) in [5.74, 6) is 4.32. The van der Waals surface area contributed by atoms with Crippen molar-refractivity contribution in [2.75, 3.05) is 17.4 Å². The van der Waals surface area contributed by atoms with Crippen LogP contribution in [0.3, 0.4) is 0 Å². The molecule has 0 radical (unpaired) electrons. The SMILES string of the molecule is CN(C(=O)c1cccc(F)c1NN)c1ccncc1. The van der Waals surface area contributed by atoms with E-state index in [0.29, 0.717) is 5.69 Å². The first-order chi connectivity index (χ1) is 9.15. The molecule has 1 heterocycles. The number of nitrogen functional groups attached to an aromatic ring is 1. The number of benzene rings is 1. The van der Waals surface area contributed by atoms with Crippen LogP contribution in [-0.4, -0.2) is 17.9 Å². The number of aromatic nitrogens is 1. The number of anilines is 2. The van der Waals surface area contributed by atoms with E-state index in [9.17, 15) is 9.18 Å². The van der Waals surface area contributed by atoms with E-state index in [4.69, 9.17) is 5.84 Å². The van der Waals surface area contributed by atoms with Gasteiger partial charge in [-0.05, 0) is 24.3 Å². The molecule has 98 valence electrons. The zero-order chi connectivity index (χ0) is 13.8. The van der Waals surface area contributed by atoms with Crippen molar-refractivity contribution < 1.29 is 9.18 Å². The molecule has 1 aromatic heterocycles. The Kier molecular flexibility index (Phi) is 3.72. The minimum atomic E-state index is -0.573. The van der Waals surface area contributed by atoms with Gasteiger partial charge in [-0.2, -0.15) is 0 Å². The molecule has 0 saturated carbocycles. The first kappa shape index (κ1) is 13.0. The summed E-state index contributed by atoms with van der Waals surface area (Å²) in [5.41, 5.74) is 3.02. The Bertz CT molecular complexity index is 588. The number of pyridine rings is 1. The Morgan fingerprint density at radius 2 is 2.00 bits per heavy atom. The molecule has 0 aliphatic heterocycles. The van der Waals surface area contributed by atoms with Crippen LogP contribution in [0, 0.1) is 5.82 Å². The third-order valence-electron chi connectivity index (χ3n) is 2.74. The minimum Gasteiger partial charge on any atom is -0.321 e. The highest BCUT2D eigenvalue weighted by atomic mass is 19.1. The van der Waals surface area contributed by atoms with Gasteiger partial charge in [0.25, 0.3) is 5.91 Å². The van der Waals surface area contributed by atoms with Crippen LogP contribution in [0.2, 0.25) is 0 Å². The molecule has 0 bridgehead atoms. The van der Waals surface area contributed by atoms with Crippen molar-refractivity contribution in [1.29, 1.82) is 0 Å². The Balaban J connectivity index is 2.37. The van der Waals surface area contributed by atoms with Crippen molar-refractivity contribution in [3.63, 3.8) is 0 Å². The van der Waals surface area contributed by atoms with E-state index in [1.54, 1.807) is 31.6 Å². The van der Waals surface area contributed by atoms with Gasteiger partial charge in [0.1, 0.15) is 5.82 Å². The summed E-state index contributed by atoms with van der Waals surface area (Å²) in [6.07, 6.45) is 3.15. The van der Waals surface area contributed by atoms with E-state index < -0.39 is 5.82 Å². The number of halogens is 1. The van der Waals surface area contributed by atoms with Crippen molar-refractivity contribution >= 4 is 17.3 Å². The van der Waals surface area contributed by atoms with E-state index in [1.807, 2.05) is 0 Å². The molecule has 0 fully saturated rings. The lowest BCUT2D eigenvalue weighted by Crippen LogP contribution is -2.28. The molecule has 19 heavy (non-hydrogen) atoms. The quantitative estimate of drug-likeness (QED) is 0.652. The molecule has 2 rings (SSSR count). The number of amides is 1. The van der Waals surface area contributed by atoms with Crippen molar-refractivity contribution in [2.45, 2.75) is 0 Å². The molecular weight excluding hydrogens is 247 g/mol. The highest BCUT2D eigenvalue weighted by molar-refractivity contribution is 6.09. The summed E-state index contributed by atoms with van der Waals surface area (Å²) in [5, 5.41) is 0. The number of para-hydroxylation sites is 1. The summed E-state index contributed by atoms with van der Waals surface area (Å²) in [6, 6.07) is 7.58. The third-order valence-corrected chi connectivity index (χ3v) is 2.74. The van der Waals surface area contributed by atoms with Gasteiger partial charge in [-0.3, -0.25) is 15.6 Å². The zero-order valence-corrected chi connectivity index (χ0v) is 10.3. The van der Waals surface area contributed by atoms with E-state index in [1.165, 1.54) is 23.1 Å². The Labute approximate surface area is 109 Å². The highest BCUT2D eigenvalue weighted by Gasteiger charge is 2.18. The molecular formula is C13H13FN4O. The fourth-order valence-corrected chi connectivity index (χ4v) is 1.71. The van der Waals surface area contributed by atoms with Crippen LogP contribution in [-0.2, 0) is 0 Å². The standard InChI is InChI=1S/C13H13FN4O/c1-18(9-5-7-16-8-6-9)13(19)10-3-2-4-11(14)12(10)17-15/h2-8,17H,15H2,1H3. The number of rotatable bonds is 3. The molecule has 6 heteroatoms. The number of carbonyl (C=O) groups excluding carboxylic acids is 1. The number of hydrogen-bond acceptors (Lipinski definition) is 4. The predicted octanol–water partition coefficient (Wildman–Crippen LogP) is 1.78. The molecule has 2 aromatic rings. The zero-order valence-electron chi connectivity index (χ0n) is 10.3. The van der Waals surface area contributed by atoms with Gasteiger partial charge in [0.15, 0.2) is 0 Å². The average Bonchev–Trinajstić information content (AvgIpc) is 2.46. The van der Waals surface area contributed by atoms with Crippen molar-refractivity contribution in [3.8, 4) is 0 Å². The summed E-state index contributed by atoms with van der Waals surface area (Å²) in [4.78, 5) is 17.6. The predicted molar refractivity (Wildman–Crippen MR) is 71.2 cm³/mol. The molecule has 0 unspecified atom stereocenters. The van der Waals surface area contributed by atoms with Crippen LogP contribution in [0.4, 0.5) is 15.8 Å². The summed E-state index contributed by atoms with van der Waals surface area (Å²) in [7, 11) is 1.60. The Morgan fingerprint density at radius 3 is 2.63 bits per heavy atom. The maximum absolute atomic E-state index is 13.6. The third kappa shape index (κ3) is 2.53. The van der Waals surface area contributed by atoms with Crippen LogP contribution >= 0.6 is 0 Å². The van der Waals surface area contributed by atoms with Gasteiger partial charge >= 0.3 is 0 Å². The monoisotopic (exact) mass is 260 g/mol. The van der Waals surface area contributed by atoms with E-state index in [2.05, 4.69) is 10.4 Å². The van der Waals surface area contributed by atoms with Crippen LogP contribution in [0.1, 0.15) is 10.4 Å². The van der Waals surface area contributed by atoms with Gasteiger partial charge in [-0.15, -0.1) is 0 Å². The Morgan fingerprint density at radius 1 is 1.32 bits per heavy atom. The second kappa shape index (κ2) is 5.45. The number of hydrogen-bond donors (Lipinski definition) is 2. The molecule has 0 atom stereocenters. The molecule has 0 aliphatic rings. The lowest BCUT2D eigenvalue weighted by molar-refractivity contribution is 0.0993. The molecule has 0 spiro atoms. The maximum atomic E-state index is 13.6. The van der Waals surface area contributed by atoms with Gasteiger partial charge in [-0.25, -0.2) is 4.39 Å². The summed E-state index contributed by atoms with van der Waals surface area (Å²) in [6.45, 7) is 0. The first-order valence-electron chi connectivity index (χ1n) is 5.58. The van der Waals surface area contributed by atoms with E-state index in [-0.39, 0.29) is 17.2 Å². The van der Waals surface area contributed by atoms with Gasteiger partial charge < -0.3 is 10.3 Å². The van der Waals surface area contributed by atoms with Crippen molar-refractivity contribution in [2.24, 2.45) is 5.84 Å². The molecule has 3 N–H and O–H groups in total. The lowest BCUT2D eigenvalue weighted by atomic mass is 10.1. The lowest BCUT2D eigenvalue weighted by Gasteiger charge is -2.19. The Hall–Kier alpha value is -2.47. The van der Waals surface area contributed by atoms with Gasteiger partial charge in [0.05, 0.1) is 11.3 Å².